The van der Waals surface area contributed by atoms with Crippen LogP contribution in [0.1, 0.15) is 57.8 Å². The molecule has 1 heterocycles. The second-order valence-electron chi connectivity index (χ2n) is 7.62. The van der Waals surface area contributed by atoms with Crippen LogP contribution < -0.4 is 10.2 Å². The molecule has 0 aromatic heterocycles. The van der Waals surface area contributed by atoms with Gasteiger partial charge in [-0.1, -0.05) is 25.7 Å². The van der Waals surface area contributed by atoms with Crippen molar-refractivity contribution < 1.29 is 9.59 Å². The first-order valence-electron chi connectivity index (χ1n) is 10.0. The molecule has 1 saturated heterocycles. The maximum Gasteiger partial charge on any atom is 0.227 e. The van der Waals surface area contributed by atoms with E-state index in [9.17, 15) is 9.59 Å². The zero-order valence-electron chi connectivity index (χ0n) is 15.9. The molecule has 5 heteroatoms. The standard InChI is InChI=1S/C21H31N3O2/c1-23(18-7-4-2-3-5-8-18)16-14-20(25)22-17-10-12-19(13-11-17)24-15-6-9-21(24)26/h10-13,18H,2-9,14-16H2,1H3,(H,22,25). The van der Waals surface area contributed by atoms with Crippen molar-refractivity contribution in [2.75, 3.05) is 30.4 Å². The van der Waals surface area contributed by atoms with Crippen molar-refractivity contribution in [2.45, 2.75) is 63.8 Å². The van der Waals surface area contributed by atoms with Crippen molar-refractivity contribution >= 4 is 23.2 Å². The van der Waals surface area contributed by atoms with Crippen LogP contribution in [0, 0.1) is 0 Å². The van der Waals surface area contributed by atoms with Gasteiger partial charge in [-0.3, -0.25) is 9.59 Å². The minimum Gasteiger partial charge on any atom is -0.326 e. The highest BCUT2D eigenvalue weighted by Gasteiger charge is 2.21. The van der Waals surface area contributed by atoms with Gasteiger partial charge in [-0.05, 0) is 50.6 Å². The molecule has 142 valence electrons. The molecule has 0 unspecified atom stereocenters. The molecule has 1 aliphatic heterocycles. The van der Waals surface area contributed by atoms with Crippen LogP contribution in [0.4, 0.5) is 11.4 Å². The van der Waals surface area contributed by atoms with Crippen LogP contribution in [-0.2, 0) is 9.59 Å². The Labute approximate surface area is 156 Å². The number of amides is 2. The highest BCUT2D eigenvalue weighted by Crippen LogP contribution is 2.23. The zero-order valence-corrected chi connectivity index (χ0v) is 15.9. The summed E-state index contributed by atoms with van der Waals surface area (Å²) in [7, 11) is 2.14. The van der Waals surface area contributed by atoms with Crippen molar-refractivity contribution in [2.24, 2.45) is 0 Å². The predicted molar refractivity (Wildman–Crippen MR) is 105 cm³/mol. The van der Waals surface area contributed by atoms with Crippen LogP contribution in [0.25, 0.3) is 0 Å². The molecule has 2 fully saturated rings. The molecule has 1 N–H and O–H groups in total. The van der Waals surface area contributed by atoms with Gasteiger partial charge in [-0.15, -0.1) is 0 Å². The summed E-state index contributed by atoms with van der Waals surface area (Å²) < 4.78 is 0. The third-order valence-corrected chi connectivity index (χ3v) is 5.68. The first kappa shape index (κ1) is 18.9. The molecule has 1 aromatic carbocycles. The second-order valence-corrected chi connectivity index (χ2v) is 7.62. The summed E-state index contributed by atoms with van der Waals surface area (Å²) in [5, 5.41) is 2.97. The molecular weight excluding hydrogens is 326 g/mol. The Morgan fingerprint density at radius 3 is 2.42 bits per heavy atom. The molecule has 1 saturated carbocycles. The number of hydrogen-bond donors (Lipinski definition) is 1. The molecule has 0 radical (unpaired) electrons. The number of rotatable bonds is 6. The molecule has 0 spiro atoms. The summed E-state index contributed by atoms with van der Waals surface area (Å²) in [5.74, 6) is 0.235. The number of carbonyl (C=O) groups excluding carboxylic acids is 2. The van der Waals surface area contributed by atoms with Gasteiger partial charge >= 0.3 is 0 Å². The Morgan fingerprint density at radius 1 is 1.12 bits per heavy atom. The number of nitrogens with one attached hydrogen (secondary N) is 1. The van der Waals surface area contributed by atoms with Gasteiger partial charge in [0.2, 0.25) is 11.8 Å². The molecule has 5 nitrogen and oxygen atoms in total. The minimum absolute atomic E-state index is 0.0514. The first-order chi connectivity index (χ1) is 12.6. The summed E-state index contributed by atoms with van der Waals surface area (Å²) in [6, 6.07) is 8.22. The van der Waals surface area contributed by atoms with E-state index in [-0.39, 0.29) is 11.8 Å². The van der Waals surface area contributed by atoms with Gasteiger partial charge in [0.1, 0.15) is 0 Å². The van der Waals surface area contributed by atoms with Crippen molar-refractivity contribution in [3.63, 3.8) is 0 Å². The van der Waals surface area contributed by atoms with Crippen LogP contribution in [0.5, 0.6) is 0 Å². The Morgan fingerprint density at radius 2 is 1.81 bits per heavy atom. The maximum atomic E-state index is 12.3. The van der Waals surface area contributed by atoms with Gasteiger partial charge in [-0.2, -0.15) is 0 Å². The van der Waals surface area contributed by atoms with Gasteiger partial charge in [-0.25, -0.2) is 0 Å². The molecular formula is C21H31N3O2. The number of anilines is 2. The molecule has 1 aromatic rings. The van der Waals surface area contributed by atoms with Gasteiger partial charge in [0, 0.05) is 43.3 Å². The molecule has 0 atom stereocenters. The van der Waals surface area contributed by atoms with Gasteiger partial charge in [0.15, 0.2) is 0 Å². The summed E-state index contributed by atoms with van der Waals surface area (Å²) >= 11 is 0. The van der Waals surface area contributed by atoms with Crippen molar-refractivity contribution in [1.29, 1.82) is 0 Å². The monoisotopic (exact) mass is 357 g/mol. The third-order valence-electron chi connectivity index (χ3n) is 5.68. The van der Waals surface area contributed by atoms with E-state index in [2.05, 4.69) is 17.3 Å². The Balaban J connectivity index is 1.44. The Hall–Kier alpha value is -1.88. The average Bonchev–Trinajstić information content (AvgIpc) is 2.90. The quantitative estimate of drug-likeness (QED) is 0.788. The largest absolute Gasteiger partial charge is 0.326 e. The number of carbonyl (C=O) groups is 2. The topological polar surface area (TPSA) is 52.7 Å². The summed E-state index contributed by atoms with van der Waals surface area (Å²) in [6.45, 7) is 1.59. The van der Waals surface area contributed by atoms with Crippen LogP contribution >= 0.6 is 0 Å². The SMILES string of the molecule is CN(CCC(=O)Nc1ccc(N2CCCC2=O)cc1)C1CCCCCC1. The van der Waals surface area contributed by atoms with E-state index in [0.29, 0.717) is 18.9 Å². The van der Waals surface area contributed by atoms with E-state index >= 15 is 0 Å². The smallest absolute Gasteiger partial charge is 0.227 e. The predicted octanol–water partition coefficient (Wildman–Crippen LogP) is 3.80. The van der Waals surface area contributed by atoms with E-state index < -0.39 is 0 Å². The minimum atomic E-state index is 0.0514. The van der Waals surface area contributed by atoms with Gasteiger partial charge in [0.25, 0.3) is 0 Å². The van der Waals surface area contributed by atoms with Crippen molar-refractivity contribution in [1.82, 2.24) is 4.90 Å². The lowest BCUT2D eigenvalue weighted by molar-refractivity contribution is -0.117. The first-order valence-corrected chi connectivity index (χ1v) is 10.0. The lowest BCUT2D eigenvalue weighted by Gasteiger charge is -2.26. The van der Waals surface area contributed by atoms with Crippen LogP contribution in [0.3, 0.4) is 0 Å². The van der Waals surface area contributed by atoms with E-state index in [0.717, 1.165) is 30.9 Å². The second kappa shape index (κ2) is 9.17. The molecule has 3 rings (SSSR count). The highest BCUT2D eigenvalue weighted by atomic mass is 16.2. The van der Waals surface area contributed by atoms with E-state index in [4.69, 9.17) is 0 Å². The number of benzene rings is 1. The van der Waals surface area contributed by atoms with E-state index in [1.54, 1.807) is 0 Å². The fourth-order valence-electron chi connectivity index (χ4n) is 4.03. The zero-order chi connectivity index (χ0) is 18.4. The van der Waals surface area contributed by atoms with Gasteiger partial charge < -0.3 is 15.1 Å². The van der Waals surface area contributed by atoms with E-state index in [1.807, 2.05) is 29.2 Å². The van der Waals surface area contributed by atoms with Crippen molar-refractivity contribution in [3.05, 3.63) is 24.3 Å². The molecule has 0 bridgehead atoms. The van der Waals surface area contributed by atoms with Crippen LogP contribution in [0.15, 0.2) is 24.3 Å². The third kappa shape index (κ3) is 5.07. The molecule has 1 aliphatic carbocycles. The van der Waals surface area contributed by atoms with Crippen molar-refractivity contribution in [3.8, 4) is 0 Å². The number of hydrogen-bond acceptors (Lipinski definition) is 3. The van der Waals surface area contributed by atoms with Crippen LogP contribution in [-0.4, -0.2) is 42.9 Å². The molecule has 2 amide bonds. The average molecular weight is 357 g/mol. The Bertz CT molecular complexity index is 606. The molecule has 26 heavy (non-hydrogen) atoms. The number of nitrogens with zero attached hydrogens (tertiary/aromatic N) is 2. The maximum absolute atomic E-state index is 12.3. The lowest BCUT2D eigenvalue weighted by Crippen LogP contribution is -2.33. The lowest BCUT2D eigenvalue weighted by atomic mass is 10.1. The Kier molecular flexibility index (Phi) is 6.67. The fraction of sp³-hybridized carbons (Fsp3) is 0.619. The van der Waals surface area contributed by atoms with Crippen LogP contribution in [0.2, 0.25) is 0 Å². The summed E-state index contributed by atoms with van der Waals surface area (Å²) in [5.41, 5.74) is 1.71. The van der Waals surface area contributed by atoms with E-state index in [1.165, 1.54) is 38.5 Å². The summed E-state index contributed by atoms with van der Waals surface area (Å²) in [4.78, 5) is 28.2. The highest BCUT2D eigenvalue weighted by molar-refractivity contribution is 5.96. The fourth-order valence-corrected chi connectivity index (χ4v) is 4.03. The molecule has 2 aliphatic rings. The normalized spacial score (nSPS) is 19.0. The van der Waals surface area contributed by atoms with Gasteiger partial charge in [0.05, 0.1) is 0 Å². The summed E-state index contributed by atoms with van der Waals surface area (Å²) in [6.07, 6.45) is 9.91.